The van der Waals surface area contributed by atoms with Gasteiger partial charge in [0.05, 0.1) is 6.57 Å². The Kier molecular flexibility index (Phi) is 5.06. The minimum Gasteiger partial charge on any atom is -0.369 e. The summed E-state index contributed by atoms with van der Waals surface area (Å²) >= 11 is 0. The largest absolute Gasteiger partial charge is 0.369 e. The number of sulfonamides is 1. The summed E-state index contributed by atoms with van der Waals surface area (Å²) in [7, 11) is -2.21. The van der Waals surface area contributed by atoms with E-state index < -0.39 is 20.8 Å². The summed E-state index contributed by atoms with van der Waals surface area (Å²) in [5, 5.41) is -0.715. The molecule has 0 unspecified atom stereocenters. The van der Waals surface area contributed by atoms with Gasteiger partial charge in [-0.25, -0.2) is 22.6 Å². The van der Waals surface area contributed by atoms with Crippen LogP contribution in [0, 0.1) is 6.57 Å². The zero-order chi connectivity index (χ0) is 22.4. The molecule has 0 spiro atoms. The van der Waals surface area contributed by atoms with Crippen molar-refractivity contribution in [2.75, 3.05) is 7.05 Å². The molecule has 0 radical (unpaired) electrons. The van der Waals surface area contributed by atoms with Gasteiger partial charge >= 0.3 is 0 Å². The van der Waals surface area contributed by atoms with Crippen molar-refractivity contribution in [3.63, 3.8) is 0 Å². The fraction of sp³-hybridized carbons (Fsp3) is 0.364. The third-order valence-electron chi connectivity index (χ3n) is 6.20. The molecule has 4 rings (SSSR count). The van der Waals surface area contributed by atoms with Crippen molar-refractivity contribution in [2.24, 2.45) is 10.7 Å². The van der Waals surface area contributed by atoms with Crippen molar-refractivity contribution in [1.29, 1.82) is 0 Å². The molecule has 1 aliphatic carbocycles. The van der Waals surface area contributed by atoms with Gasteiger partial charge in [0.2, 0.25) is 21.7 Å². The highest BCUT2D eigenvalue weighted by molar-refractivity contribution is 7.90. The number of nitrogens with zero attached hydrogens (tertiary/aromatic N) is 4. The van der Waals surface area contributed by atoms with E-state index >= 15 is 0 Å². The second kappa shape index (κ2) is 7.46. The van der Waals surface area contributed by atoms with E-state index in [1.54, 1.807) is 12.1 Å². The van der Waals surface area contributed by atoms with Crippen molar-refractivity contribution in [2.45, 2.75) is 43.4 Å². The Morgan fingerprint density at radius 3 is 2.81 bits per heavy atom. The van der Waals surface area contributed by atoms with Crippen LogP contribution in [-0.2, 0) is 28.4 Å². The van der Waals surface area contributed by atoms with Crippen LogP contribution in [0.25, 0.3) is 4.85 Å². The molecule has 0 bridgehead atoms. The number of Topliss-reactive ketones (excluding diaryl/α,β-unsaturated/α-hetero) is 1. The predicted octanol–water partition coefficient (Wildman–Crippen LogP) is 2.57. The van der Waals surface area contributed by atoms with E-state index in [1.165, 1.54) is 13.2 Å². The summed E-state index contributed by atoms with van der Waals surface area (Å²) in [5.74, 6) is -0.206. The van der Waals surface area contributed by atoms with E-state index in [1.807, 2.05) is 25.1 Å². The molecular weight excluding hydrogens is 414 g/mol. The quantitative estimate of drug-likeness (QED) is 0.586. The molecule has 2 heterocycles. The number of nitrogens with two attached hydrogens (primary N) is 1. The molecule has 2 aliphatic rings. The van der Waals surface area contributed by atoms with Gasteiger partial charge in [0, 0.05) is 19.7 Å². The van der Waals surface area contributed by atoms with Gasteiger partial charge < -0.3 is 5.73 Å². The smallest absolute Gasteiger partial charge is 0.242 e. The van der Waals surface area contributed by atoms with E-state index in [9.17, 15) is 13.2 Å². The van der Waals surface area contributed by atoms with E-state index in [2.05, 4.69) is 14.8 Å². The number of carbonyl (C=O) groups excluding carboxylic acids is 1. The molecule has 0 fully saturated rings. The average Bonchev–Trinajstić information content (AvgIpc) is 2.89. The molecule has 2 N–H and O–H groups in total. The summed E-state index contributed by atoms with van der Waals surface area (Å²) < 4.78 is 27.3. The number of benzene rings is 1. The number of rotatable bonds is 3. The van der Waals surface area contributed by atoms with Gasteiger partial charge in [-0.3, -0.25) is 9.78 Å². The van der Waals surface area contributed by atoms with Gasteiger partial charge in [-0.1, -0.05) is 24.3 Å². The lowest BCUT2D eigenvalue weighted by Gasteiger charge is -2.41. The first-order valence-electron chi connectivity index (χ1n) is 9.99. The van der Waals surface area contributed by atoms with Gasteiger partial charge in [0.25, 0.3) is 0 Å². The van der Waals surface area contributed by atoms with Gasteiger partial charge in [-0.15, -0.1) is 0 Å². The highest BCUT2D eigenvalue weighted by atomic mass is 32.2. The van der Waals surface area contributed by atoms with Crippen LogP contribution in [0.2, 0.25) is 0 Å². The van der Waals surface area contributed by atoms with Crippen molar-refractivity contribution in [3.8, 4) is 0 Å². The first kappa shape index (κ1) is 21.0. The fourth-order valence-electron chi connectivity index (χ4n) is 4.45. The van der Waals surface area contributed by atoms with Gasteiger partial charge in [0.15, 0.2) is 5.78 Å². The van der Waals surface area contributed by atoms with E-state index in [4.69, 9.17) is 12.3 Å². The van der Waals surface area contributed by atoms with Gasteiger partial charge in [-0.2, -0.15) is 0 Å². The summed E-state index contributed by atoms with van der Waals surface area (Å²) in [5.41, 5.74) is 8.21. The summed E-state index contributed by atoms with van der Waals surface area (Å²) in [6.07, 6.45) is 3.45. The van der Waals surface area contributed by atoms with Crippen molar-refractivity contribution < 1.29 is 13.2 Å². The number of aryl methyl sites for hydroxylation is 1. The fourth-order valence-corrected chi connectivity index (χ4v) is 6.36. The van der Waals surface area contributed by atoms with Crippen molar-refractivity contribution in [1.82, 2.24) is 9.29 Å². The number of pyridine rings is 1. The molecule has 8 nitrogen and oxygen atoms in total. The van der Waals surface area contributed by atoms with E-state index in [0.717, 1.165) is 33.8 Å². The van der Waals surface area contributed by atoms with Gasteiger partial charge in [0.1, 0.15) is 16.5 Å². The Morgan fingerprint density at radius 1 is 1.35 bits per heavy atom. The number of aromatic nitrogens is 1. The highest BCUT2D eigenvalue weighted by Crippen LogP contribution is 2.44. The van der Waals surface area contributed by atoms with Crippen LogP contribution in [0.5, 0.6) is 0 Å². The Hall–Kier alpha value is -3.25. The monoisotopic (exact) mass is 437 g/mol. The Balaban J connectivity index is 1.73. The zero-order valence-corrected chi connectivity index (χ0v) is 18.2. The molecule has 1 aromatic heterocycles. The Morgan fingerprint density at radius 2 is 2.13 bits per heavy atom. The van der Waals surface area contributed by atoms with Crippen LogP contribution >= 0.6 is 0 Å². The maximum Gasteiger partial charge on any atom is 0.242 e. The summed E-state index contributed by atoms with van der Waals surface area (Å²) in [6, 6.07) is 8.85. The second-order valence-electron chi connectivity index (χ2n) is 8.12. The van der Waals surface area contributed by atoms with E-state index in [0.29, 0.717) is 12.1 Å². The first-order valence-corrected chi connectivity index (χ1v) is 11.5. The van der Waals surface area contributed by atoms with Crippen LogP contribution < -0.4 is 5.73 Å². The average molecular weight is 438 g/mol. The van der Waals surface area contributed by atoms with Crippen LogP contribution in [0.15, 0.2) is 41.5 Å². The second-order valence-corrected chi connectivity index (χ2v) is 10.3. The molecule has 1 aromatic carbocycles. The lowest BCUT2D eigenvalue weighted by molar-refractivity contribution is 0.0988. The topological polar surface area (TPSA) is 110 Å². The number of fused-ring (bicyclic) bond motifs is 3. The molecule has 9 heteroatoms. The highest BCUT2D eigenvalue weighted by Gasteiger charge is 2.51. The van der Waals surface area contributed by atoms with Crippen LogP contribution in [0.1, 0.15) is 46.9 Å². The van der Waals surface area contributed by atoms with Crippen LogP contribution in [-0.4, -0.2) is 41.7 Å². The first-order chi connectivity index (χ1) is 14.7. The SMILES string of the molecule is [C-]#[N+]c1ccc(C(=O)Cc2ccc3c(c2)[C@@]2(C)N=C(N)N(C)S(=O)(=O)[C@@H]2CCC3)nc1. The molecule has 2 atom stereocenters. The molecule has 1 aliphatic heterocycles. The predicted molar refractivity (Wildman–Crippen MR) is 117 cm³/mol. The van der Waals surface area contributed by atoms with Crippen LogP contribution in [0.3, 0.4) is 0 Å². The maximum absolute atomic E-state index is 13.1. The minimum absolute atomic E-state index is 0.0304. The normalized spacial score (nSPS) is 24.2. The Bertz CT molecular complexity index is 1230. The van der Waals surface area contributed by atoms with Crippen LogP contribution in [0.4, 0.5) is 5.69 Å². The Labute approximate surface area is 181 Å². The maximum atomic E-state index is 13.1. The third kappa shape index (κ3) is 3.47. The molecule has 0 amide bonds. The van der Waals surface area contributed by atoms with Crippen molar-refractivity contribution in [3.05, 3.63) is 70.3 Å². The minimum atomic E-state index is -3.65. The zero-order valence-electron chi connectivity index (χ0n) is 17.4. The number of hydrogen-bond acceptors (Lipinski definition) is 6. The number of ketones is 1. The number of aliphatic imine (C=N–C) groups is 1. The lowest BCUT2D eigenvalue weighted by atomic mass is 9.84. The number of guanidine groups is 1. The number of carbonyl (C=O) groups is 1. The molecule has 160 valence electrons. The number of hydrogen-bond donors (Lipinski definition) is 1. The molecular formula is C22H23N5O3S. The summed E-state index contributed by atoms with van der Waals surface area (Å²) in [6.45, 7) is 8.80. The standard InChI is InChI=1S/C22H23N5O3S/c1-22-17-11-14(12-19(28)18-10-9-16(24-2)13-25-18)7-8-15(17)5-4-6-20(22)31(29,30)27(3)21(23)26-22/h7-11,13,20H,4-6,12H2,1,3H3,(H2,23,26)/t20-,22-/m1/s1. The third-order valence-corrected chi connectivity index (χ3v) is 8.56. The van der Waals surface area contributed by atoms with Crippen molar-refractivity contribution >= 4 is 27.5 Å². The van der Waals surface area contributed by atoms with E-state index in [-0.39, 0.29) is 23.9 Å². The molecule has 0 saturated heterocycles. The molecule has 31 heavy (non-hydrogen) atoms. The lowest BCUT2D eigenvalue weighted by Crippen LogP contribution is -2.56. The molecule has 0 saturated carbocycles. The van der Waals surface area contributed by atoms with Gasteiger partial charge in [-0.05, 0) is 48.9 Å². The summed E-state index contributed by atoms with van der Waals surface area (Å²) in [4.78, 5) is 24.7. The molecule has 2 aromatic rings.